The number of hydrogen-bond donors (Lipinski definition) is 0. The van der Waals surface area contributed by atoms with Gasteiger partial charge in [0.05, 0.1) is 36.5 Å². The van der Waals surface area contributed by atoms with Crippen LogP contribution >= 0.6 is 0 Å². The molecule has 1 aliphatic rings. The second kappa shape index (κ2) is 6.61. The predicted molar refractivity (Wildman–Crippen MR) is 87.0 cm³/mol. The van der Waals surface area contributed by atoms with Crippen LogP contribution in [0, 0.1) is 11.3 Å². The minimum atomic E-state index is -0.870. The molecule has 2 aromatic rings. The molecule has 25 heavy (non-hydrogen) atoms. The molecule has 2 heterocycles. The van der Waals surface area contributed by atoms with Crippen LogP contribution < -0.4 is 4.90 Å². The second-order valence-corrected chi connectivity index (χ2v) is 5.67. The normalized spacial score (nSPS) is 16.8. The zero-order valence-corrected chi connectivity index (χ0v) is 13.5. The maximum Gasteiger partial charge on any atom is 0.257 e. The van der Waals surface area contributed by atoms with Gasteiger partial charge in [0.2, 0.25) is 11.8 Å². The van der Waals surface area contributed by atoms with Crippen LogP contribution in [0.15, 0.2) is 47.1 Å². The number of furan rings is 1. The number of anilines is 1. The molecule has 0 spiro atoms. The zero-order chi connectivity index (χ0) is 18.0. The number of hydrogen-bond acceptors (Lipinski definition) is 5. The van der Waals surface area contributed by atoms with Gasteiger partial charge in [-0.25, -0.2) is 4.90 Å². The van der Waals surface area contributed by atoms with E-state index in [-0.39, 0.29) is 24.8 Å². The lowest BCUT2D eigenvalue weighted by Crippen LogP contribution is -2.44. The highest BCUT2D eigenvalue weighted by molar-refractivity contribution is 6.22. The largest absolute Gasteiger partial charge is 0.467 e. The summed E-state index contributed by atoms with van der Waals surface area (Å²) in [6.07, 6.45) is 1.40. The fourth-order valence-electron chi connectivity index (χ4n) is 2.83. The van der Waals surface area contributed by atoms with E-state index < -0.39 is 11.9 Å². The maximum absolute atomic E-state index is 12.8. The molecule has 3 amide bonds. The van der Waals surface area contributed by atoms with Gasteiger partial charge in [-0.1, -0.05) is 0 Å². The summed E-state index contributed by atoms with van der Waals surface area (Å²) in [6.45, 7) is 1.47. The summed E-state index contributed by atoms with van der Waals surface area (Å²) in [7, 11) is 0. The second-order valence-electron chi connectivity index (χ2n) is 5.67. The summed E-state index contributed by atoms with van der Waals surface area (Å²) >= 11 is 0. The van der Waals surface area contributed by atoms with Gasteiger partial charge in [-0.05, 0) is 36.4 Å². The van der Waals surface area contributed by atoms with Crippen LogP contribution in [-0.2, 0) is 20.9 Å². The van der Waals surface area contributed by atoms with Crippen molar-refractivity contribution in [3.8, 4) is 6.07 Å². The van der Waals surface area contributed by atoms with Gasteiger partial charge in [-0.15, -0.1) is 0 Å². The van der Waals surface area contributed by atoms with Crippen molar-refractivity contribution in [3.63, 3.8) is 0 Å². The summed E-state index contributed by atoms with van der Waals surface area (Å²) in [5, 5.41) is 8.85. The Morgan fingerprint density at radius 2 is 2.04 bits per heavy atom. The van der Waals surface area contributed by atoms with Crippen LogP contribution in [0.5, 0.6) is 0 Å². The third kappa shape index (κ3) is 3.15. The highest BCUT2D eigenvalue weighted by atomic mass is 16.3. The summed E-state index contributed by atoms with van der Waals surface area (Å²) in [6, 6.07) is 10.7. The lowest BCUT2D eigenvalue weighted by atomic mass is 10.2. The average molecular weight is 337 g/mol. The van der Waals surface area contributed by atoms with Crippen molar-refractivity contribution in [2.45, 2.75) is 25.9 Å². The van der Waals surface area contributed by atoms with Crippen LogP contribution in [0.3, 0.4) is 0 Å². The molecule has 126 valence electrons. The van der Waals surface area contributed by atoms with Gasteiger partial charge >= 0.3 is 0 Å². The minimum absolute atomic E-state index is 0.0842. The van der Waals surface area contributed by atoms with Crippen LogP contribution in [-0.4, -0.2) is 28.7 Å². The fourth-order valence-corrected chi connectivity index (χ4v) is 2.83. The van der Waals surface area contributed by atoms with Crippen molar-refractivity contribution in [2.75, 3.05) is 4.90 Å². The Bertz CT molecular complexity index is 849. The Kier molecular flexibility index (Phi) is 4.35. The monoisotopic (exact) mass is 337 g/mol. The number of carbonyl (C=O) groups excluding carboxylic acids is 3. The summed E-state index contributed by atoms with van der Waals surface area (Å²) < 4.78 is 5.24. The van der Waals surface area contributed by atoms with Gasteiger partial charge in [-0.3, -0.25) is 14.4 Å². The molecule has 1 fully saturated rings. The molecule has 3 rings (SSSR count). The minimum Gasteiger partial charge on any atom is -0.467 e. The quantitative estimate of drug-likeness (QED) is 0.793. The number of rotatable bonds is 4. The predicted octanol–water partition coefficient (Wildman–Crippen LogP) is 1.83. The molecular formula is C18H15N3O4. The summed E-state index contributed by atoms with van der Waals surface area (Å²) in [4.78, 5) is 39.5. The molecule has 1 aliphatic heterocycles. The Morgan fingerprint density at radius 1 is 1.32 bits per heavy atom. The molecule has 1 atom stereocenters. The number of benzene rings is 1. The fraction of sp³-hybridized carbons (Fsp3) is 0.222. The first-order valence-corrected chi connectivity index (χ1v) is 7.68. The molecule has 0 bridgehead atoms. The van der Waals surface area contributed by atoms with E-state index in [2.05, 4.69) is 0 Å². The first-order chi connectivity index (χ1) is 12.0. The molecule has 1 aromatic heterocycles. The third-order valence-electron chi connectivity index (χ3n) is 4.06. The van der Waals surface area contributed by atoms with Crippen LogP contribution in [0.4, 0.5) is 5.69 Å². The highest BCUT2D eigenvalue weighted by Crippen LogP contribution is 2.27. The van der Waals surface area contributed by atoms with E-state index in [0.717, 1.165) is 4.90 Å². The molecule has 1 saturated heterocycles. The van der Waals surface area contributed by atoms with Gasteiger partial charge in [-0.2, -0.15) is 5.26 Å². The van der Waals surface area contributed by atoms with Gasteiger partial charge in [0, 0.05) is 6.92 Å². The Balaban J connectivity index is 1.85. The first kappa shape index (κ1) is 16.5. The smallest absolute Gasteiger partial charge is 0.257 e. The zero-order valence-electron chi connectivity index (χ0n) is 13.5. The molecular weight excluding hydrogens is 322 g/mol. The third-order valence-corrected chi connectivity index (χ3v) is 4.06. The van der Waals surface area contributed by atoms with E-state index in [1.807, 2.05) is 6.07 Å². The molecule has 7 nitrogen and oxygen atoms in total. The number of carbonyl (C=O) groups is 3. The van der Waals surface area contributed by atoms with E-state index in [0.29, 0.717) is 17.0 Å². The Hall–Kier alpha value is -3.40. The van der Waals surface area contributed by atoms with E-state index in [9.17, 15) is 14.4 Å². The maximum atomic E-state index is 12.8. The molecule has 7 heteroatoms. The van der Waals surface area contributed by atoms with Crippen molar-refractivity contribution in [1.29, 1.82) is 5.26 Å². The van der Waals surface area contributed by atoms with Crippen molar-refractivity contribution >= 4 is 23.4 Å². The van der Waals surface area contributed by atoms with Crippen LogP contribution in [0.2, 0.25) is 0 Å². The molecule has 0 radical (unpaired) electrons. The van der Waals surface area contributed by atoms with E-state index in [1.54, 1.807) is 24.3 Å². The molecule has 1 unspecified atom stereocenters. The van der Waals surface area contributed by atoms with Crippen LogP contribution in [0.1, 0.15) is 24.7 Å². The van der Waals surface area contributed by atoms with E-state index in [1.165, 1.54) is 30.2 Å². The van der Waals surface area contributed by atoms with Crippen molar-refractivity contribution < 1.29 is 18.8 Å². The average Bonchev–Trinajstić information content (AvgIpc) is 3.20. The standard InChI is InChI=1S/C18H15N3O4/c1-12(22)20(11-15-3-2-8-25-15)16-9-17(23)21(18(16)24)14-6-4-13(10-19)5-7-14/h2-8,16H,9,11H2,1H3. The number of nitrogens with zero attached hydrogens (tertiary/aromatic N) is 3. The summed E-state index contributed by atoms with van der Waals surface area (Å²) in [5.41, 5.74) is 0.820. The van der Waals surface area contributed by atoms with Gasteiger partial charge in [0.15, 0.2) is 0 Å². The van der Waals surface area contributed by atoms with Crippen molar-refractivity contribution in [2.24, 2.45) is 0 Å². The SMILES string of the molecule is CC(=O)N(Cc1ccco1)C1CC(=O)N(c2ccc(C#N)cc2)C1=O. The number of imide groups is 1. The molecule has 0 aliphatic carbocycles. The van der Waals surface area contributed by atoms with Gasteiger partial charge in [0.25, 0.3) is 5.91 Å². The number of nitriles is 1. The van der Waals surface area contributed by atoms with E-state index in [4.69, 9.17) is 9.68 Å². The van der Waals surface area contributed by atoms with Gasteiger partial charge in [0.1, 0.15) is 11.8 Å². The van der Waals surface area contributed by atoms with Crippen molar-refractivity contribution in [3.05, 3.63) is 54.0 Å². The molecule has 0 saturated carbocycles. The van der Waals surface area contributed by atoms with Gasteiger partial charge < -0.3 is 9.32 Å². The van der Waals surface area contributed by atoms with Crippen molar-refractivity contribution in [1.82, 2.24) is 4.90 Å². The van der Waals surface area contributed by atoms with E-state index >= 15 is 0 Å². The summed E-state index contributed by atoms with van der Waals surface area (Å²) in [5.74, 6) is -0.627. The van der Waals surface area contributed by atoms with Crippen LogP contribution in [0.25, 0.3) is 0 Å². The Labute approximate surface area is 144 Å². The highest BCUT2D eigenvalue weighted by Gasteiger charge is 2.43. The Morgan fingerprint density at radius 3 is 2.60 bits per heavy atom. The topological polar surface area (TPSA) is 94.6 Å². The lowest BCUT2D eigenvalue weighted by molar-refractivity contribution is -0.137. The lowest BCUT2D eigenvalue weighted by Gasteiger charge is -2.25. The number of amides is 3. The first-order valence-electron chi connectivity index (χ1n) is 7.68. The molecule has 1 aromatic carbocycles. The molecule has 0 N–H and O–H groups in total.